The van der Waals surface area contributed by atoms with Gasteiger partial charge in [-0.15, -0.1) is 6.58 Å². The van der Waals surface area contributed by atoms with Crippen LogP contribution >= 0.6 is 0 Å². The quantitative estimate of drug-likeness (QED) is 0.593. The number of hydrogen-bond acceptors (Lipinski definition) is 3. The van der Waals surface area contributed by atoms with Crippen molar-refractivity contribution in [1.29, 1.82) is 0 Å². The molecule has 1 heterocycles. The first-order valence-electron chi connectivity index (χ1n) is 6.32. The first-order chi connectivity index (χ1) is 7.76. The Labute approximate surface area is 103 Å². The van der Waals surface area contributed by atoms with Crippen LogP contribution in [-0.4, -0.2) is 22.8 Å². The highest BCUT2D eigenvalue weighted by atomic mass is 16.6. The molecule has 0 spiro atoms. The summed E-state index contributed by atoms with van der Waals surface area (Å²) < 4.78 is 5.38. The number of esters is 1. The molecular weight excluding hydrogens is 216 g/mol. The second-order valence-corrected chi connectivity index (χ2v) is 6.41. The van der Waals surface area contributed by atoms with Crippen LogP contribution in [0.15, 0.2) is 12.7 Å². The molecule has 0 unspecified atom stereocenters. The van der Waals surface area contributed by atoms with Gasteiger partial charge < -0.3 is 9.84 Å². The van der Waals surface area contributed by atoms with E-state index in [9.17, 15) is 9.90 Å². The van der Waals surface area contributed by atoms with Gasteiger partial charge in [0.1, 0.15) is 11.7 Å². The van der Waals surface area contributed by atoms with Gasteiger partial charge in [-0.05, 0) is 37.0 Å². The summed E-state index contributed by atoms with van der Waals surface area (Å²) in [6, 6.07) is 0. The molecule has 3 nitrogen and oxygen atoms in total. The number of aliphatic hydroxyl groups is 1. The summed E-state index contributed by atoms with van der Waals surface area (Å²) in [7, 11) is 0. The van der Waals surface area contributed by atoms with Crippen LogP contribution in [0.3, 0.4) is 0 Å². The maximum atomic E-state index is 11.7. The molecule has 2 aliphatic rings. The van der Waals surface area contributed by atoms with Crippen molar-refractivity contribution in [3.63, 3.8) is 0 Å². The largest absolute Gasteiger partial charge is 0.459 e. The molecule has 4 atom stereocenters. The summed E-state index contributed by atoms with van der Waals surface area (Å²) in [5.74, 6) is 0.716. The van der Waals surface area contributed by atoms with E-state index in [0.29, 0.717) is 18.3 Å². The van der Waals surface area contributed by atoms with Gasteiger partial charge in [-0.2, -0.15) is 0 Å². The highest BCUT2D eigenvalue weighted by molar-refractivity contribution is 5.70. The van der Waals surface area contributed by atoms with Crippen molar-refractivity contribution in [3.8, 4) is 0 Å². The third kappa shape index (κ3) is 2.13. The van der Waals surface area contributed by atoms with Gasteiger partial charge in [0.15, 0.2) is 0 Å². The summed E-state index contributed by atoms with van der Waals surface area (Å²) >= 11 is 0. The van der Waals surface area contributed by atoms with Crippen LogP contribution in [0.25, 0.3) is 0 Å². The zero-order valence-corrected chi connectivity index (χ0v) is 10.9. The van der Waals surface area contributed by atoms with Crippen molar-refractivity contribution in [1.82, 2.24) is 0 Å². The fraction of sp³-hybridized carbons (Fsp3) is 0.786. The summed E-state index contributed by atoms with van der Waals surface area (Å²) in [4.78, 5) is 11.7. The van der Waals surface area contributed by atoms with E-state index in [1.54, 1.807) is 6.92 Å². The second-order valence-electron chi connectivity index (χ2n) is 6.41. The molecule has 1 aliphatic carbocycles. The molecule has 2 fully saturated rings. The van der Waals surface area contributed by atoms with Crippen molar-refractivity contribution in [2.45, 2.75) is 51.7 Å². The van der Waals surface area contributed by atoms with E-state index >= 15 is 0 Å². The van der Waals surface area contributed by atoms with E-state index in [-0.39, 0.29) is 11.4 Å². The molecule has 0 radical (unpaired) electrons. The molecule has 0 aromatic heterocycles. The Bertz CT molecular complexity index is 343. The van der Waals surface area contributed by atoms with Crippen molar-refractivity contribution in [2.24, 2.45) is 17.3 Å². The lowest BCUT2D eigenvalue weighted by atomic mass is 9.53. The number of carbonyl (C=O) groups excluding carboxylic acids is 1. The summed E-state index contributed by atoms with van der Waals surface area (Å²) in [5, 5.41) is 10.2. The zero-order chi connectivity index (χ0) is 12.8. The van der Waals surface area contributed by atoms with E-state index in [1.807, 2.05) is 0 Å². The fourth-order valence-corrected chi connectivity index (χ4v) is 3.36. The average molecular weight is 238 g/mol. The zero-order valence-electron chi connectivity index (χ0n) is 10.9. The normalized spacial score (nSPS) is 39.1. The maximum Gasteiger partial charge on any atom is 0.306 e. The molecule has 1 saturated heterocycles. The van der Waals surface area contributed by atoms with Gasteiger partial charge in [-0.1, -0.05) is 19.9 Å². The Morgan fingerprint density at radius 1 is 1.59 bits per heavy atom. The Morgan fingerprint density at radius 2 is 2.24 bits per heavy atom. The number of rotatable bonds is 2. The number of hydrogen-bond donors (Lipinski definition) is 1. The highest BCUT2D eigenvalue weighted by Gasteiger charge is 2.52. The van der Waals surface area contributed by atoms with Crippen molar-refractivity contribution >= 4 is 5.97 Å². The molecule has 0 aromatic rings. The van der Waals surface area contributed by atoms with Crippen LogP contribution in [0, 0.1) is 17.3 Å². The third-order valence-corrected chi connectivity index (χ3v) is 4.60. The average Bonchev–Trinajstić information content (AvgIpc) is 2.35. The molecule has 96 valence electrons. The molecule has 3 heteroatoms. The van der Waals surface area contributed by atoms with Crippen LogP contribution < -0.4 is 0 Å². The van der Waals surface area contributed by atoms with Crippen LogP contribution in [0.4, 0.5) is 0 Å². The van der Waals surface area contributed by atoms with Crippen LogP contribution in [0.2, 0.25) is 0 Å². The van der Waals surface area contributed by atoms with Crippen molar-refractivity contribution in [2.75, 3.05) is 0 Å². The second kappa shape index (κ2) is 3.84. The number of ether oxygens (including phenoxy) is 1. The minimum Gasteiger partial charge on any atom is -0.459 e. The van der Waals surface area contributed by atoms with Gasteiger partial charge in [0.05, 0.1) is 0 Å². The summed E-state index contributed by atoms with van der Waals surface area (Å²) in [5.41, 5.74) is -0.871. The van der Waals surface area contributed by atoms with Gasteiger partial charge in [-0.25, -0.2) is 0 Å². The third-order valence-electron chi connectivity index (χ3n) is 4.60. The summed E-state index contributed by atoms with van der Waals surface area (Å²) in [6.07, 6.45) is 3.33. The SMILES string of the molecule is C=C[C@@](C)(O)[C@@H]1C[C@H]2[C@@H](CC(=O)O1)CC2(C)C. The van der Waals surface area contributed by atoms with Crippen molar-refractivity contribution in [3.05, 3.63) is 12.7 Å². The minimum absolute atomic E-state index is 0.180. The van der Waals surface area contributed by atoms with E-state index in [1.165, 1.54) is 6.08 Å². The van der Waals surface area contributed by atoms with E-state index < -0.39 is 11.7 Å². The molecule has 0 amide bonds. The van der Waals surface area contributed by atoms with Crippen molar-refractivity contribution < 1.29 is 14.6 Å². The topological polar surface area (TPSA) is 46.5 Å². The predicted octanol–water partition coefficient (Wildman–Crippen LogP) is 2.29. The van der Waals surface area contributed by atoms with E-state index in [2.05, 4.69) is 20.4 Å². The van der Waals surface area contributed by atoms with Gasteiger partial charge in [0, 0.05) is 6.42 Å². The number of carbonyl (C=O) groups is 1. The number of fused-ring (bicyclic) bond motifs is 1. The monoisotopic (exact) mass is 238 g/mol. The van der Waals surface area contributed by atoms with Gasteiger partial charge in [-0.3, -0.25) is 4.79 Å². The molecule has 2 rings (SSSR count). The molecule has 1 aliphatic heterocycles. The van der Waals surface area contributed by atoms with Gasteiger partial charge >= 0.3 is 5.97 Å². The van der Waals surface area contributed by atoms with Gasteiger partial charge in [0.2, 0.25) is 0 Å². The smallest absolute Gasteiger partial charge is 0.306 e. The predicted molar refractivity (Wildman–Crippen MR) is 65.3 cm³/mol. The lowest BCUT2D eigenvalue weighted by Gasteiger charge is -2.51. The molecule has 0 bridgehead atoms. The maximum absolute atomic E-state index is 11.7. The summed E-state index contributed by atoms with van der Waals surface area (Å²) in [6.45, 7) is 9.73. The Morgan fingerprint density at radius 3 is 2.76 bits per heavy atom. The molecule has 1 N–H and O–H groups in total. The number of cyclic esters (lactones) is 1. The Balaban J connectivity index is 2.19. The molecule has 17 heavy (non-hydrogen) atoms. The molecule has 0 aromatic carbocycles. The first-order valence-corrected chi connectivity index (χ1v) is 6.32. The Kier molecular flexibility index (Phi) is 2.85. The standard InChI is InChI=1S/C14H22O3/c1-5-14(4,16)11-7-10-9(6-12(15)17-11)8-13(10,2)3/h5,9-11,16H,1,6-8H2,2-4H3/t9-,10-,11-,14+/m0/s1. The van der Waals surface area contributed by atoms with Crippen LogP contribution in [0.5, 0.6) is 0 Å². The molecular formula is C14H22O3. The van der Waals surface area contributed by atoms with E-state index in [0.717, 1.165) is 12.8 Å². The Hall–Kier alpha value is -0.830. The highest BCUT2D eigenvalue weighted by Crippen LogP contribution is 2.56. The minimum atomic E-state index is -1.13. The van der Waals surface area contributed by atoms with E-state index in [4.69, 9.17) is 4.74 Å². The van der Waals surface area contributed by atoms with Gasteiger partial charge in [0.25, 0.3) is 0 Å². The van der Waals surface area contributed by atoms with Crippen LogP contribution in [0.1, 0.15) is 40.0 Å². The lowest BCUT2D eigenvalue weighted by molar-refractivity contribution is -0.158. The first kappa shape index (κ1) is 12.6. The fourth-order valence-electron chi connectivity index (χ4n) is 3.36. The molecule has 1 saturated carbocycles. The van der Waals surface area contributed by atoms with Crippen LogP contribution in [-0.2, 0) is 9.53 Å². The lowest BCUT2D eigenvalue weighted by Crippen LogP contribution is -2.47.